The lowest BCUT2D eigenvalue weighted by Gasteiger charge is -2.13. The third-order valence-corrected chi connectivity index (χ3v) is 5.21. The van der Waals surface area contributed by atoms with Crippen molar-refractivity contribution in [2.24, 2.45) is 0 Å². The van der Waals surface area contributed by atoms with Gasteiger partial charge in [0.25, 0.3) is 5.91 Å². The highest BCUT2D eigenvalue weighted by molar-refractivity contribution is 8.26. The second-order valence-electron chi connectivity index (χ2n) is 5.50. The number of ether oxygens (including phenoxy) is 2. The van der Waals surface area contributed by atoms with Gasteiger partial charge in [-0.25, -0.2) is 0 Å². The molecule has 0 N–H and O–H groups in total. The number of hydrogen-bond acceptors (Lipinski definition) is 5. The summed E-state index contributed by atoms with van der Waals surface area (Å²) in [5, 5.41) is 0. The Labute approximate surface area is 153 Å². The molecule has 0 radical (unpaired) electrons. The lowest BCUT2D eigenvalue weighted by molar-refractivity contribution is -0.122. The molecule has 0 unspecified atom stereocenters. The van der Waals surface area contributed by atoms with Crippen molar-refractivity contribution in [3.8, 4) is 11.5 Å². The molecule has 0 saturated carbocycles. The van der Waals surface area contributed by atoms with Gasteiger partial charge < -0.3 is 9.47 Å². The van der Waals surface area contributed by atoms with Gasteiger partial charge in [0.2, 0.25) is 0 Å². The molecule has 4 nitrogen and oxygen atoms in total. The fraction of sp³-hybridized carbons (Fsp3) is 0.444. The summed E-state index contributed by atoms with van der Waals surface area (Å²) in [5.74, 6) is 1.37. The first-order chi connectivity index (χ1) is 11.6. The first kappa shape index (κ1) is 18.8. The number of unbranched alkanes of at least 4 members (excludes halogenated alkanes) is 3. The molecule has 130 valence electrons. The van der Waals surface area contributed by atoms with E-state index in [0.29, 0.717) is 27.3 Å². The number of methoxy groups -OCH3 is 2. The van der Waals surface area contributed by atoms with Crippen molar-refractivity contribution in [2.75, 3.05) is 20.8 Å². The van der Waals surface area contributed by atoms with E-state index in [1.54, 1.807) is 25.2 Å². The van der Waals surface area contributed by atoms with E-state index in [1.165, 1.54) is 24.6 Å². The van der Waals surface area contributed by atoms with Gasteiger partial charge in [0, 0.05) is 18.2 Å². The van der Waals surface area contributed by atoms with Crippen LogP contribution in [-0.4, -0.2) is 35.9 Å². The van der Waals surface area contributed by atoms with Crippen LogP contribution in [0.4, 0.5) is 0 Å². The summed E-state index contributed by atoms with van der Waals surface area (Å²) < 4.78 is 11.2. The fourth-order valence-corrected chi connectivity index (χ4v) is 3.77. The Kier molecular flexibility index (Phi) is 7.12. The molecule has 1 fully saturated rings. The zero-order chi connectivity index (χ0) is 17.5. The van der Waals surface area contributed by atoms with Crippen LogP contribution in [0, 0.1) is 0 Å². The van der Waals surface area contributed by atoms with Gasteiger partial charge in [-0.2, -0.15) is 0 Å². The van der Waals surface area contributed by atoms with E-state index in [0.717, 1.165) is 18.4 Å². The van der Waals surface area contributed by atoms with E-state index in [2.05, 4.69) is 6.92 Å². The van der Waals surface area contributed by atoms with Gasteiger partial charge in [-0.15, -0.1) is 0 Å². The highest BCUT2D eigenvalue weighted by Crippen LogP contribution is 2.35. The number of hydrogen-bond donors (Lipinski definition) is 0. The third kappa shape index (κ3) is 4.51. The average molecular weight is 366 g/mol. The van der Waals surface area contributed by atoms with Crippen LogP contribution < -0.4 is 9.47 Å². The van der Waals surface area contributed by atoms with Crippen molar-refractivity contribution in [3.05, 3.63) is 28.7 Å². The second kappa shape index (κ2) is 9.08. The highest BCUT2D eigenvalue weighted by atomic mass is 32.2. The first-order valence-corrected chi connectivity index (χ1v) is 9.30. The van der Waals surface area contributed by atoms with Gasteiger partial charge in [-0.3, -0.25) is 9.69 Å². The van der Waals surface area contributed by atoms with E-state index >= 15 is 0 Å². The number of carbonyl (C=O) groups excluding carboxylic acids is 1. The van der Waals surface area contributed by atoms with E-state index < -0.39 is 0 Å². The molecule has 2 rings (SSSR count). The number of thioether (sulfide) groups is 1. The summed E-state index contributed by atoms with van der Waals surface area (Å²) in [6, 6.07) is 5.53. The lowest BCUT2D eigenvalue weighted by Crippen LogP contribution is -2.29. The number of benzene rings is 1. The summed E-state index contributed by atoms with van der Waals surface area (Å²) in [6.07, 6.45) is 6.31. The number of amides is 1. The van der Waals surface area contributed by atoms with E-state index in [-0.39, 0.29) is 5.91 Å². The lowest BCUT2D eigenvalue weighted by atomic mass is 10.1. The molecule has 0 spiro atoms. The van der Waals surface area contributed by atoms with Crippen molar-refractivity contribution in [1.82, 2.24) is 4.90 Å². The minimum atomic E-state index is -0.0145. The van der Waals surface area contributed by atoms with Crippen molar-refractivity contribution >= 4 is 40.3 Å². The Hall–Kier alpha value is -1.53. The molecule has 1 aromatic rings. The predicted octanol–water partition coefficient (Wildman–Crippen LogP) is 4.49. The molecular formula is C18H23NO3S2. The molecule has 1 aromatic carbocycles. The molecule has 0 aromatic heterocycles. The summed E-state index contributed by atoms with van der Waals surface area (Å²) in [6.45, 7) is 2.87. The molecule has 6 heteroatoms. The zero-order valence-electron chi connectivity index (χ0n) is 14.3. The van der Waals surface area contributed by atoms with Crippen LogP contribution in [0.15, 0.2) is 23.1 Å². The summed E-state index contributed by atoms with van der Waals surface area (Å²) in [4.78, 5) is 14.9. The van der Waals surface area contributed by atoms with E-state index in [9.17, 15) is 4.79 Å². The number of thiocarbonyl (C=S) groups is 1. The average Bonchev–Trinajstić information content (AvgIpc) is 2.86. The Balaban J connectivity index is 2.13. The van der Waals surface area contributed by atoms with Gasteiger partial charge in [0.1, 0.15) is 15.8 Å². The SMILES string of the molecule is CCCCCCN1C(=O)/C(=C\c2ccc(OC)cc2OC)SC1=S. The van der Waals surface area contributed by atoms with Gasteiger partial charge in [0.05, 0.1) is 19.1 Å². The van der Waals surface area contributed by atoms with Crippen LogP contribution in [-0.2, 0) is 4.79 Å². The smallest absolute Gasteiger partial charge is 0.266 e. The van der Waals surface area contributed by atoms with Crippen LogP contribution >= 0.6 is 24.0 Å². The minimum absolute atomic E-state index is 0.0145. The van der Waals surface area contributed by atoms with E-state index in [1.807, 2.05) is 18.2 Å². The normalized spacial score (nSPS) is 16.1. The van der Waals surface area contributed by atoms with Crippen LogP contribution in [0.1, 0.15) is 38.2 Å². The minimum Gasteiger partial charge on any atom is -0.497 e. The molecule has 24 heavy (non-hydrogen) atoms. The molecule has 1 aliphatic rings. The number of carbonyl (C=O) groups is 1. The van der Waals surface area contributed by atoms with Crippen molar-refractivity contribution in [1.29, 1.82) is 0 Å². The fourth-order valence-electron chi connectivity index (χ4n) is 2.47. The maximum absolute atomic E-state index is 12.6. The van der Waals surface area contributed by atoms with Gasteiger partial charge >= 0.3 is 0 Å². The molecule has 0 atom stereocenters. The standard InChI is InChI=1S/C18H23NO3S2/c1-4-5-6-7-10-19-17(20)16(24-18(19)23)11-13-8-9-14(21-2)12-15(13)22-3/h8-9,11-12H,4-7,10H2,1-3H3/b16-11+. The summed E-state index contributed by atoms with van der Waals surface area (Å²) >= 11 is 6.72. The van der Waals surface area contributed by atoms with Gasteiger partial charge in [0.15, 0.2) is 0 Å². The van der Waals surface area contributed by atoms with Crippen LogP contribution in [0.2, 0.25) is 0 Å². The number of rotatable bonds is 8. The largest absolute Gasteiger partial charge is 0.497 e. The monoisotopic (exact) mass is 365 g/mol. The Morgan fingerprint density at radius 2 is 2.00 bits per heavy atom. The van der Waals surface area contributed by atoms with Crippen molar-refractivity contribution < 1.29 is 14.3 Å². The van der Waals surface area contributed by atoms with Crippen LogP contribution in [0.3, 0.4) is 0 Å². The maximum atomic E-state index is 12.6. The molecule has 1 saturated heterocycles. The quantitative estimate of drug-likeness (QED) is 0.386. The topological polar surface area (TPSA) is 38.8 Å². The van der Waals surface area contributed by atoms with Gasteiger partial charge in [-0.1, -0.05) is 50.2 Å². The molecular weight excluding hydrogens is 342 g/mol. The zero-order valence-corrected chi connectivity index (χ0v) is 16.0. The Bertz CT molecular complexity index is 643. The first-order valence-electron chi connectivity index (χ1n) is 8.08. The number of nitrogens with zero attached hydrogens (tertiary/aromatic N) is 1. The summed E-state index contributed by atoms with van der Waals surface area (Å²) in [5.41, 5.74) is 0.838. The van der Waals surface area contributed by atoms with Gasteiger partial charge in [-0.05, 0) is 24.6 Å². The Morgan fingerprint density at radius 3 is 2.67 bits per heavy atom. The maximum Gasteiger partial charge on any atom is 0.266 e. The predicted molar refractivity (Wildman–Crippen MR) is 104 cm³/mol. The summed E-state index contributed by atoms with van der Waals surface area (Å²) in [7, 11) is 3.21. The van der Waals surface area contributed by atoms with Crippen molar-refractivity contribution in [3.63, 3.8) is 0 Å². The van der Waals surface area contributed by atoms with Crippen LogP contribution in [0.5, 0.6) is 11.5 Å². The third-order valence-electron chi connectivity index (χ3n) is 3.84. The molecule has 1 aliphatic heterocycles. The van der Waals surface area contributed by atoms with E-state index in [4.69, 9.17) is 21.7 Å². The molecule has 1 heterocycles. The highest BCUT2D eigenvalue weighted by Gasteiger charge is 2.31. The van der Waals surface area contributed by atoms with Crippen molar-refractivity contribution in [2.45, 2.75) is 32.6 Å². The Morgan fingerprint density at radius 1 is 1.21 bits per heavy atom. The second-order valence-corrected chi connectivity index (χ2v) is 7.18. The van der Waals surface area contributed by atoms with Crippen LogP contribution in [0.25, 0.3) is 6.08 Å². The molecule has 0 aliphatic carbocycles. The molecule has 0 bridgehead atoms. The molecule has 1 amide bonds.